The van der Waals surface area contributed by atoms with E-state index in [0.29, 0.717) is 30.9 Å². The fourth-order valence-corrected chi connectivity index (χ4v) is 7.04. The monoisotopic (exact) mass is 664 g/mol. The highest BCUT2D eigenvalue weighted by Crippen LogP contribution is 2.45. The van der Waals surface area contributed by atoms with Gasteiger partial charge in [-0.05, 0) is 114 Å². The number of phenols is 1. The summed E-state index contributed by atoms with van der Waals surface area (Å²) in [6.07, 6.45) is 9.86. The number of allylic oxidation sites excluding steroid dienone is 3. The van der Waals surface area contributed by atoms with E-state index in [1.807, 2.05) is 66.7 Å². The summed E-state index contributed by atoms with van der Waals surface area (Å²) < 4.78 is 11.7. The Morgan fingerprint density at radius 3 is 2.43 bits per heavy atom. The summed E-state index contributed by atoms with van der Waals surface area (Å²) in [5.41, 5.74) is 2.57. The van der Waals surface area contributed by atoms with Crippen LogP contribution in [-0.2, 0) is 24.2 Å². The number of aliphatic hydroxyl groups is 3. The van der Waals surface area contributed by atoms with Crippen LogP contribution in [0.3, 0.4) is 0 Å². The molecule has 1 aliphatic carbocycles. The second-order valence-electron chi connectivity index (χ2n) is 13.2. The lowest BCUT2D eigenvalue weighted by molar-refractivity contribution is -0.121. The van der Waals surface area contributed by atoms with Gasteiger partial charge in [0.2, 0.25) is 0 Å². The zero-order valence-electron chi connectivity index (χ0n) is 28.3. The fourth-order valence-electron chi connectivity index (χ4n) is 7.04. The summed E-state index contributed by atoms with van der Waals surface area (Å²) in [7, 11) is 1.59. The first-order valence-electron chi connectivity index (χ1n) is 17.2. The number of unbranched alkanes of at least 4 members (excludes halogenated alkanes) is 1. The average Bonchev–Trinajstić information content (AvgIpc) is 3.09. The van der Waals surface area contributed by atoms with Gasteiger partial charge >= 0.3 is 0 Å². The van der Waals surface area contributed by atoms with E-state index in [1.165, 1.54) is 5.56 Å². The van der Waals surface area contributed by atoms with E-state index < -0.39 is 11.5 Å². The molecule has 258 valence electrons. The quantitative estimate of drug-likeness (QED) is 0.0793. The molecule has 49 heavy (non-hydrogen) atoms. The third-order valence-corrected chi connectivity index (χ3v) is 9.61. The van der Waals surface area contributed by atoms with Crippen LogP contribution in [0.1, 0.15) is 61.6 Å². The highest BCUT2D eigenvalue weighted by molar-refractivity contribution is 5.84. The Hall–Kier alpha value is -4.59. The predicted molar refractivity (Wildman–Crippen MR) is 193 cm³/mol. The van der Waals surface area contributed by atoms with Crippen molar-refractivity contribution in [3.63, 3.8) is 0 Å². The van der Waals surface area contributed by atoms with Gasteiger partial charge in [-0.25, -0.2) is 0 Å². The summed E-state index contributed by atoms with van der Waals surface area (Å²) in [4.78, 5) is 13.1. The normalized spacial score (nSPS) is 17.9. The third kappa shape index (κ3) is 9.97. The Balaban J connectivity index is 1.15. The van der Waals surface area contributed by atoms with Gasteiger partial charge in [0.1, 0.15) is 23.9 Å². The number of hydrogen-bond acceptors (Lipinski definition) is 7. The fraction of sp³-hybridized carbons (Fsp3) is 0.357. The first-order valence-corrected chi connectivity index (χ1v) is 17.2. The Morgan fingerprint density at radius 1 is 0.857 bits per heavy atom. The van der Waals surface area contributed by atoms with Gasteiger partial charge in [0.05, 0.1) is 13.2 Å². The predicted octanol–water partition coefficient (Wildman–Crippen LogP) is 8.19. The van der Waals surface area contributed by atoms with Gasteiger partial charge in [-0.1, -0.05) is 67.1 Å². The molecule has 0 saturated carbocycles. The molecule has 3 atom stereocenters. The molecule has 0 radical (unpaired) electrons. The zero-order valence-corrected chi connectivity index (χ0v) is 28.3. The van der Waals surface area contributed by atoms with E-state index in [2.05, 4.69) is 12.1 Å². The van der Waals surface area contributed by atoms with Crippen LogP contribution in [0, 0.1) is 11.3 Å². The van der Waals surface area contributed by atoms with Gasteiger partial charge in [-0.3, -0.25) is 4.79 Å². The first kappa shape index (κ1) is 35.7. The minimum atomic E-state index is -0.901. The van der Waals surface area contributed by atoms with E-state index in [-0.39, 0.29) is 49.1 Å². The molecule has 3 unspecified atom stereocenters. The molecule has 0 saturated heterocycles. The lowest BCUT2D eigenvalue weighted by Crippen LogP contribution is -2.35. The van der Waals surface area contributed by atoms with Crippen LogP contribution in [-0.4, -0.2) is 46.0 Å². The maximum Gasteiger partial charge on any atom is 0.161 e. The van der Waals surface area contributed by atoms with Crippen molar-refractivity contribution in [2.24, 2.45) is 11.3 Å². The summed E-state index contributed by atoms with van der Waals surface area (Å²) in [5, 5.41) is 43.3. The van der Waals surface area contributed by atoms with Crippen molar-refractivity contribution < 1.29 is 34.7 Å². The number of aromatic hydroxyl groups is 1. The van der Waals surface area contributed by atoms with Crippen molar-refractivity contribution in [1.82, 2.24) is 0 Å². The van der Waals surface area contributed by atoms with E-state index >= 15 is 0 Å². The first-order chi connectivity index (χ1) is 23.8. The van der Waals surface area contributed by atoms with Gasteiger partial charge in [0.15, 0.2) is 11.5 Å². The van der Waals surface area contributed by atoms with E-state index in [0.717, 1.165) is 47.6 Å². The SMILES string of the molecule is COc1ccc(CCC(=O)CC(O)CC2(CCO)C=C(O)C=CC2CCCCc2ccccc2)cc1OCc1ccc2cc(O)ccc2c1. The molecule has 7 nitrogen and oxygen atoms in total. The molecule has 4 aromatic carbocycles. The number of fused-ring (bicyclic) bond motifs is 1. The van der Waals surface area contributed by atoms with Gasteiger partial charge in [0, 0.05) is 24.9 Å². The largest absolute Gasteiger partial charge is 0.508 e. The van der Waals surface area contributed by atoms with Crippen molar-refractivity contribution in [2.45, 2.75) is 70.5 Å². The maximum atomic E-state index is 13.1. The smallest absolute Gasteiger partial charge is 0.161 e. The highest BCUT2D eigenvalue weighted by atomic mass is 16.5. The molecule has 4 aromatic rings. The number of aliphatic hydroxyl groups excluding tert-OH is 3. The summed E-state index contributed by atoms with van der Waals surface area (Å²) in [5.74, 6) is 1.52. The minimum Gasteiger partial charge on any atom is -0.508 e. The summed E-state index contributed by atoms with van der Waals surface area (Å²) in [6.45, 7) is 0.247. The number of benzene rings is 4. The van der Waals surface area contributed by atoms with Gasteiger partial charge < -0.3 is 29.9 Å². The Labute approximate surface area is 289 Å². The lowest BCUT2D eigenvalue weighted by Gasteiger charge is -2.40. The van der Waals surface area contributed by atoms with Crippen LogP contribution >= 0.6 is 0 Å². The Morgan fingerprint density at radius 2 is 1.63 bits per heavy atom. The number of phenolic OH excluding ortho intramolecular Hbond substituents is 1. The number of aryl methyl sites for hydroxylation is 2. The number of ketones is 1. The summed E-state index contributed by atoms with van der Waals surface area (Å²) in [6, 6.07) is 27.2. The molecule has 0 aromatic heterocycles. The maximum absolute atomic E-state index is 13.1. The molecule has 0 heterocycles. The van der Waals surface area contributed by atoms with Crippen LogP contribution in [0.2, 0.25) is 0 Å². The number of hydrogen-bond donors (Lipinski definition) is 4. The lowest BCUT2D eigenvalue weighted by atomic mass is 9.65. The number of Topliss-reactive ketones (excluding diaryl/α,β-unsaturated/α-hetero) is 1. The molecule has 0 aliphatic heterocycles. The van der Waals surface area contributed by atoms with Gasteiger partial charge in [0.25, 0.3) is 0 Å². The van der Waals surface area contributed by atoms with Crippen molar-refractivity contribution in [1.29, 1.82) is 0 Å². The molecule has 0 bridgehead atoms. The second-order valence-corrected chi connectivity index (χ2v) is 13.2. The average molecular weight is 665 g/mol. The van der Waals surface area contributed by atoms with Crippen LogP contribution < -0.4 is 9.47 Å². The number of carbonyl (C=O) groups is 1. The summed E-state index contributed by atoms with van der Waals surface area (Å²) >= 11 is 0. The standard InChI is InChI=1S/C42H48O7/c1-48-40-20-13-31(24-41(40)49-29-32-11-14-34-25-36(44)18-15-33(34)23-32)12-17-37(45)26-39(47)28-42(21-22-43)27-38(46)19-16-35(42)10-6-5-9-30-7-3-2-4-8-30/h2-4,7-8,11,13-16,18-20,23-25,27,35,39,43-44,46-47H,5-6,9-10,12,17,21-22,26,28-29H2,1H3. The molecule has 1 aliphatic rings. The number of ether oxygens (including phenoxy) is 2. The topological polar surface area (TPSA) is 116 Å². The molecule has 4 N–H and O–H groups in total. The Kier molecular flexibility index (Phi) is 12.5. The van der Waals surface area contributed by atoms with Crippen molar-refractivity contribution >= 4 is 16.6 Å². The van der Waals surface area contributed by atoms with Crippen molar-refractivity contribution in [2.75, 3.05) is 13.7 Å². The molecular formula is C42H48O7. The number of carbonyl (C=O) groups excluding carboxylic acids is 1. The van der Waals surface area contributed by atoms with Crippen LogP contribution in [0.25, 0.3) is 10.8 Å². The zero-order chi connectivity index (χ0) is 34.6. The minimum absolute atomic E-state index is 0.00543. The Bertz CT molecular complexity index is 1740. The van der Waals surface area contributed by atoms with Crippen LogP contribution in [0.5, 0.6) is 17.2 Å². The molecule has 5 rings (SSSR count). The highest BCUT2D eigenvalue weighted by Gasteiger charge is 2.39. The van der Waals surface area contributed by atoms with E-state index in [1.54, 1.807) is 31.4 Å². The number of methoxy groups -OCH3 is 1. The van der Waals surface area contributed by atoms with Crippen LogP contribution in [0.15, 0.2) is 109 Å². The molecule has 0 spiro atoms. The molecule has 7 heteroatoms. The van der Waals surface area contributed by atoms with Crippen molar-refractivity contribution in [3.8, 4) is 17.2 Å². The third-order valence-electron chi connectivity index (χ3n) is 9.61. The molecule has 0 fully saturated rings. The van der Waals surface area contributed by atoms with Crippen molar-refractivity contribution in [3.05, 3.63) is 126 Å². The van der Waals surface area contributed by atoms with E-state index in [4.69, 9.17) is 9.47 Å². The number of rotatable bonds is 18. The van der Waals surface area contributed by atoms with E-state index in [9.17, 15) is 25.2 Å². The molecule has 0 amide bonds. The second kappa shape index (κ2) is 17.2. The van der Waals surface area contributed by atoms with Crippen LogP contribution in [0.4, 0.5) is 0 Å². The molecular weight excluding hydrogens is 616 g/mol. The van der Waals surface area contributed by atoms with Gasteiger partial charge in [-0.2, -0.15) is 0 Å². The van der Waals surface area contributed by atoms with Gasteiger partial charge in [-0.15, -0.1) is 0 Å².